The van der Waals surface area contributed by atoms with Crippen molar-refractivity contribution in [3.8, 4) is 0 Å². The molecule has 1 aromatic heterocycles. The highest BCUT2D eigenvalue weighted by Gasteiger charge is 2.16. The first-order chi connectivity index (χ1) is 9.92. The van der Waals surface area contributed by atoms with Crippen LogP contribution in [0.4, 0.5) is 0 Å². The lowest BCUT2D eigenvalue weighted by molar-refractivity contribution is 0.552. The van der Waals surface area contributed by atoms with Crippen LogP contribution in [0.25, 0.3) is 0 Å². The maximum Gasteiger partial charge on any atom is 0.0628 e. The van der Waals surface area contributed by atoms with Crippen LogP contribution in [0.1, 0.15) is 33.6 Å². The van der Waals surface area contributed by atoms with Crippen LogP contribution in [0.5, 0.6) is 0 Å². The van der Waals surface area contributed by atoms with Gasteiger partial charge >= 0.3 is 0 Å². The van der Waals surface area contributed by atoms with Crippen molar-refractivity contribution < 1.29 is 0 Å². The molecule has 0 amide bonds. The summed E-state index contributed by atoms with van der Waals surface area (Å²) in [5.41, 5.74) is 7.94. The number of nitrogens with one attached hydrogen (secondary N) is 1. The van der Waals surface area contributed by atoms with Crippen molar-refractivity contribution in [3.63, 3.8) is 0 Å². The minimum Gasteiger partial charge on any atom is -0.316 e. The molecule has 0 spiro atoms. The van der Waals surface area contributed by atoms with Crippen molar-refractivity contribution in [2.45, 2.75) is 46.6 Å². The van der Waals surface area contributed by atoms with Crippen molar-refractivity contribution >= 4 is 0 Å². The first-order valence-electron chi connectivity index (χ1n) is 7.64. The molecule has 1 atom stereocenters. The van der Waals surface area contributed by atoms with Crippen LogP contribution in [0, 0.1) is 27.7 Å². The first-order valence-corrected chi connectivity index (χ1v) is 7.64. The summed E-state index contributed by atoms with van der Waals surface area (Å²) in [6.45, 7) is 8.61. The molecule has 114 valence electrons. The van der Waals surface area contributed by atoms with Gasteiger partial charge in [0.25, 0.3) is 0 Å². The highest BCUT2D eigenvalue weighted by atomic mass is 15.3. The van der Waals surface area contributed by atoms with Gasteiger partial charge < -0.3 is 5.32 Å². The van der Waals surface area contributed by atoms with Gasteiger partial charge in [0.05, 0.1) is 5.69 Å². The van der Waals surface area contributed by atoms with E-state index in [4.69, 9.17) is 0 Å². The third kappa shape index (κ3) is 3.53. The molecule has 0 fully saturated rings. The Hall–Kier alpha value is -1.61. The summed E-state index contributed by atoms with van der Waals surface area (Å²) in [4.78, 5) is 0. The van der Waals surface area contributed by atoms with E-state index in [1.54, 1.807) is 0 Å². The second-order valence-electron chi connectivity index (χ2n) is 6.10. The lowest BCUT2D eigenvalue weighted by Gasteiger charge is -2.18. The second kappa shape index (κ2) is 6.44. The van der Waals surface area contributed by atoms with Crippen molar-refractivity contribution in [2.24, 2.45) is 7.05 Å². The number of nitrogens with zero attached hydrogens (tertiary/aromatic N) is 2. The van der Waals surface area contributed by atoms with Crippen LogP contribution >= 0.6 is 0 Å². The number of hydrogen-bond acceptors (Lipinski definition) is 2. The van der Waals surface area contributed by atoms with Gasteiger partial charge in [0.15, 0.2) is 0 Å². The van der Waals surface area contributed by atoms with E-state index >= 15 is 0 Å². The van der Waals surface area contributed by atoms with E-state index in [-0.39, 0.29) is 0 Å². The summed E-state index contributed by atoms with van der Waals surface area (Å²) in [5.74, 6) is 0. The van der Waals surface area contributed by atoms with Gasteiger partial charge in [0.1, 0.15) is 0 Å². The van der Waals surface area contributed by atoms with Crippen molar-refractivity contribution in [3.05, 3.63) is 51.8 Å². The molecule has 3 heteroatoms. The molecule has 0 saturated carbocycles. The average molecular weight is 285 g/mol. The SMILES string of the molecule is CNC(Cc1cc(C)ccc1C)Cc1c(C)nn(C)c1C. The van der Waals surface area contributed by atoms with Crippen LogP contribution in [0.15, 0.2) is 18.2 Å². The molecule has 1 N–H and O–H groups in total. The van der Waals surface area contributed by atoms with Crippen LogP contribution in [0.2, 0.25) is 0 Å². The van der Waals surface area contributed by atoms with Gasteiger partial charge in [-0.2, -0.15) is 5.10 Å². The van der Waals surface area contributed by atoms with Crippen LogP contribution in [-0.2, 0) is 19.9 Å². The number of benzene rings is 1. The number of likely N-dealkylation sites (N-methyl/N-ethyl adjacent to an activating group) is 1. The molecule has 0 bridgehead atoms. The number of hydrogen-bond donors (Lipinski definition) is 1. The van der Waals surface area contributed by atoms with Crippen molar-refractivity contribution in [1.29, 1.82) is 0 Å². The van der Waals surface area contributed by atoms with Gasteiger partial charge in [0.2, 0.25) is 0 Å². The summed E-state index contributed by atoms with van der Waals surface area (Å²) >= 11 is 0. The molecule has 0 aliphatic carbocycles. The van der Waals surface area contributed by atoms with E-state index < -0.39 is 0 Å². The maximum absolute atomic E-state index is 4.53. The third-order valence-corrected chi connectivity index (χ3v) is 4.49. The van der Waals surface area contributed by atoms with Gasteiger partial charge in [-0.15, -0.1) is 0 Å². The van der Waals surface area contributed by atoms with Crippen molar-refractivity contribution in [2.75, 3.05) is 7.05 Å². The fourth-order valence-corrected chi connectivity index (χ4v) is 2.92. The molecular weight excluding hydrogens is 258 g/mol. The lowest BCUT2D eigenvalue weighted by Crippen LogP contribution is -2.30. The van der Waals surface area contributed by atoms with E-state index in [0.717, 1.165) is 18.5 Å². The molecule has 1 unspecified atom stereocenters. The lowest BCUT2D eigenvalue weighted by atomic mass is 9.94. The van der Waals surface area contributed by atoms with E-state index in [0.29, 0.717) is 6.04 Å². The second-order valence-corrected chi connectivity index (χ2v) is 6.10. The van der Waals surface area contributed by atoms with Crippen LogP contribution in [-0.4, -0.2) is 22.9 Å². The van der Waals surface area contributed by atoms with Crippen molar-refractivity contribution in [1.82, 2.24) is 15.1 Å². The van der Waals surface area contributed by atoms with Gasteiger partial charge in [-0.25, -0.2) is 0 Å². The Kier molecular flexibility index (Phi) is 4.84. The smallest absolute Gasteiger partial charge is 0.0628 e. The quantitative estimate of drug-likeness (QED) is 0.915. The van der Waals surface area contributed by atoms with Crippen LogP contribution < -0.4 is 5.32 Å². The predicted octanol–water partition coefficient (Wildman–Crippen LogP) is 3.03. The molecule has 0 saturated heterocycles. The van der Waals surface area contributed by atoms with E-state index in [9.17, 15) is 0 Å². The van der Waals surface area contributed by atoms with Gasteiger partial charge in [-0.05, 0) is 64.3 Å². The molecule has 0 aliphatic rings. The largest absolute Gasteiger partial charge is 0.316 e. The zero-order valence-electron chi connectivity index (χ0n) is 14.1. The first kappa shape index (κ1) is 15.8. The number of aryl methyl sites for hydroxylation is 4. The number of rotatable bonds is 5. The summed E-state index contributed by atoms with van der Waals surface area (Å²) in [6.07, 6.45) is 2.08. The highest BCUT2D eigenvalue weighted by Crippen LogP contribution is 2.18. The Balaban J connectivity index is 2.19. The Labute approximate surface area is 128 Å². The van der Waals surface area contributed by atoms with E-state index in [2.05, 4.69) is 63.4 Å². The summed E-state index contributed by atoms with van der Waals surface area (Å²) in [6, 6.07) is 7.15. The topological polar surface area (TPSA) is 29.9 Å². The normalized spacial score (nSPS) is 12.7. The molecular formula is C18H27N3. The fraction of sp³-hybridized carbons (Fsp3) is 0.500. The number of aromatic nitrogens is 2. The Morgan fingerprint density at radius 3 is 2.43 bits per heavy atom. The average Bonchev–Trinajstić information content (AvgIpc) is 2.68. The zero-order valence-corrected chi connectivity index (χ0v) is 14.1. The highest BCUT2D eigenvalue weighted by molar-refractivity contribution is 5.32. The fourth-order valence-electron chi connectivity index (χ4n) is 2.92. The maximum atomic E-state index is 4.53. The molecule has 1 heterocycles. The minimum atomic E-state index is 0.437. The van der Waals surface area contributed by atoms with Gasteiger partial charge in [-0.3, -0.25) is 4.68 Å². The van der Waals surface area contributed by atoms with Crippen LogP contribution in [0.3, 0.4) is 0 Å². The molecule has 21 heavy (non-hydrogen) atoms. The van der Waals surface area contributed by atoms with E-state index in [1.807, 2.05) is 11.7 Å². The van der Waals surface area contributed by atoms with E-state index in [1.165, 1.54) is 27.9 Å². The third-order valence-electron chi connectivity index (χ3n) is 4.49. The van der Waals surface area contributed by atoms with Gasteiger partial charge in [0, 0.05) is 18.8 Å². The van der Waals surface area contributed by atoms with Gasteiger partial charge in [-0.1, -0.05) is 23.8 Å². The predicted molar refractivity (Wildman–Crippen MR) is 88.9 cm³/mol. The molecule has 3 nitrogen and oxygen atoms in total. The molecule has 2 aromatic rings. The zero-order chi connectivity index (χ0) is 15.6. The Morgan fingerprint density at radius 2 is 1.86 bits per heavy atom. The minimum absolute atomic E-state index is 0.437. The monoisotopic (exact) mass is 285 g/mol. The summed E-state index contributed by atoms with van der Waals surface area (Å²) in [7, 11) is 4.07. The Morgan fingerprint density at radius 1 is 1.14 bits per heavy atom. The summed E-state index contributed by atoms with van der Waals surface area (Å²) in [5, 5.41) is 8.00. The molecule has 0 aliphatic heterocycles. The molecule has 1 aromatic carbocycles. The summed E-state index contributed by atoms with van der Waals surface area (Å²) < 4.78 is 1.98. The molecule has 2 rings (SSSR count). The standard InChI is InChI=1S/C18H27N3/c1-12-7-8-13(2)16(9-12)10-17(19-5)11-18-14(3)20-21(6)15(18)4/h7-9,17,19H,10-11H2,1-6H3. The Bertz CT molecular complexity index is 626. The molecule has 0 radical (unpaired) electrons.